The molecule has 0 fully saturated rings. The molecule has 5 heteroatoms. The van der Waals surface area contributed by atoms with Crippen molar-refractivity contribution >= 4 is 5.69 Å². The molecule has 2 aromatic rings. The van der Waals surface area contributed by atoms with Crippen LogP contribution in [0.4, 0.5) is 10.1 Å². The number of nitro groups is 1. The first-order chi connectivity index (χ1) is 9.08. The largest absolute Gasteiger partial charge is 0.482 e. The molecule has 0 radical (unpaired) electrons. The summed E-state index contributed by atoms with van der Waals surface area (Å²) >= 11 is 0. The van der Waals surface area contributed by atoms with Gasteiger partial charge in [0.15, 0.2) is 5.75 Å². The molecule has 0 heterocycles. The van der Waals surface area contributed by atoms with Crippen molar-refractivity contribution in [2.75, 3.05) is 0 Å². The first-order valence-corrected chi connectivity index (χ1v) is 5.69. The number of para-hydroxylation sites is 2. The summed E-state index contributed by atoms with van der Waals surface area (Å²) in [7, 11) is 0. The van der Waals surface area contributed by atoms with E-state index in [2.05, 4.69) is 0 Å². The van der Waals surface area contributed by atoms with Crippen molar-refractivity contribution in [2.45, 2.75) is 13.5 Å². The molecule has 98 valence electrons. The van der Waals surface area contributed by atoms with Gasteiger partial charge in [-0.3, -0.25) is 10.1 Å². The minimum absolute atomic E-state index is 0.0447. The third-order valence-corrected chi connectivity index (χ3v) is 2.65. The Bertz CT molecular complexity index is 613. The maximum atomic E-state index is 13.6. The maximum Gasteiger partial charge on any atom is 0.310 e. The molecule has 0 N–H and O–H groups in total. The van der Waals surface area contributed by atoms with Crippen LogP contribution in [0.2, 0.25) is 0 Å². The fourth-order valence-electron chi connectivity index (χ4n) is 1.65. The highest BCUT2D eigenvalue weighted by Crippen LogP contribution is 2.26. The van der Waals surface area contributed by atoms with Crippen LogP contribution in [0, 0.1) is 22.9 Å². The Kier molecular flexibility index (Phi) is 3.75. The lowest BCUT2D eigenvalue weighted by atomic mass is 10.1. The van der Waals surface area contributed by atoms with Crippen molar-refractivity contribution in [1.82, 2.24) is 0 Å². The zero-order chi connectivity index (χ0) is 13.8. The Labute approximate surface area is 109 Å². The Morgan fingerprint density at radius 3 is 2.68 bits per heavy atom. The average molecular weight is 261 g/mol. The van der Waals surface area contributed by atoms with Gasteiger partial charge in [-0.25, -0.2) is 4.39 Å². The highest BCUT2D eigenvalue weighted by atomic mass is 19.1. The van der Waals surface area contributed by atoms with Crippen LogP contribution < -0.4 is 4.74 Å². The molecule has 2 aromatic carbocycles. The third kappa shape index (κ3) is 3.07. The van der Waals surface area contributed by atoms with Crippen LogP contribution in [0.5, 0.6) is 5.75 Å². The first kappa shape index (κ1) is 13.0. The van der Waals surface area contributed by atoms with E-state index in [0.29, 0.717) is 5.56 Å². The van der Waals surface area contributed by atoms with E-state index in [1.54, 1.807) is 31.2 Å². The molecule has 4 nitrogen and oxygen atoms in total. The fraction of sp³-hybridized carbons (Fsp3) is 0.143. The Balaban J connectivity index is 2.17. The number of hydrogen-bond donors (Lipinski definition) is 0. The van der Waals surface area contributed by atoms with Gasteiger partial charge in [-0.15, -0.1) is 0 Å². The molecule has 2 rings (SSSR count). The first-order valence-electron chi connectivity index (χ1n) is 5.69. The summed E-state index contributed by atoms with van der Waals surface area (Å²) in [6, 6.07) is 10.8. The predicted octanol–water partition coefficient (Wildman–Crippen LogP) is 3.62. The standard InChI is InChI=1S/C14H12FNO3/c1-10-6-7-11(12(15)8-10)9-19-14-5-3-2-4-13(14)16(17)18/h2-8H,9H2,1H3. The van der Waals surface area contributed by atoms with E-state index in [1.165, 1.54) is 18.2 Å². The molecule has 0 aliphatic carbocycles. The Morgan fingerprint density at radius 2 is 2.00 bits per heavy atom. The highest BCUT2D eigenvalue weighted by molar-refractivity contribution is 5.45. The van der Waals surface area contributed by atoms with E-state index in [4.69, 9.17) is 4.74 Å². The van der Waals surface area contributed by atoms with Gasteiger partial charge >= 0.3 is 5.69 Å². The molecule has 0 saturated heterocycles. The van der Waals surface area contributed by atoms with E-state index in [0.717, 1.165) is 5.56 Å². The number of benzene rings is 2. The summed E-state index contributed by atoms with van der Waals surface area (Å²) in [5, 5.41) is 10.8. The summed E-state index contributed by atoms with van der Waals surface area (Å²) in [5.41, 5.74) is 1.05. The minimum atomic E-state index is -0.527. The van der Waals surface area contributed by atoms with Crippen molar-refractivity contribution in [2.24, 2.45) is 0 Å². The summed E-state index contributed by atoms with van der Waals surface area (Å²) in [4.78, 5) is 10.3. The molecule has 0 saturated carbocycles. The second-order valence-corrected chi connectivity index (χ2v) is 4.11. The van der Waals surface area contributed by atoms with Crippen LogP contribution in [0.25, 0.3) is 0 Å². The number of halogens is 1. The summed E-state index contributed by atoms with van der Waals surface area (Å²) in [5.74, 6) is -0.244. The van der Waals surface area contributed by atoms with Gasteiger partial charge in [0.1, 0.15) is 12.4 Å². The molecule has 0 bridgehead atoms. The number of rotatable bonds is 4. The van der Waals surface area contributed by atoms with Crippen molar-refractivity contribution in [3.8, 4) is 5.75 Å². The molecular weight excluding hydrogens is 249 g/mol. The zero-order valence-corrected chi connectivity index (χ0v) is 10.3. The van der Waals surface area contributed by atoms with Gasteiger partial charge in [-0.2, -0.15) is 0 Å². The molecule has 0 aromatic heterocycles. The topological polar surface area (TPSA) is 52.4 Å². The zero-order valence-electron chi connectivity index (χ0n) is 10.3. The van der Waals surface area contributed by atoms with Gasteiger partial charge in [0.05, 0.1) is 4.92 Å². The van der Waals surface area contributed by atoms with Crippen molar-refractivity contribution in [1.29, 1.82) is 0 Å². The number of aryl methyl sites for hydroxylation is 1. The second kappa shape index (κ2) is 5.48. The van der Waals surface area contributed by atoms with E-state index >= 15 is 0 Å². The van der Waals surface area contributed by atoms with Crippen LogP contribution in [0.1, 0.15) is 11.1 Å². The number of nitro benzene ring substituents is 1. The van der Waals surface area contributed by atoms with Gasteiger partial charge in [0.2, 0.25) is 0 Å². The van der Waals surface area contributed by atoms with Crippen LogP contribution in [0.15, 0.2) is 42.5 Å². The van der Waals surface area contributed by atoms with E-state index in [1.807, 2.05) is 0 Å². The van der Waals surface area contributed by atoms with Gasteiger partial charge in [-0.05, 0) is 24.6 Å². The van der Waals surface area contributed by atoms with Gasteiger partial charge < -0.3 is 4.74 Å². The van der Waals surface area contributed by atoms with Crippen LogP contribution >= 0.6 is 0 Å². The van der Waals surface area contributed by atoms with Gasteiger partial charge in [-0.1, -0.05) is 24.3 Å². The summed E-state index contributed by atoms with van der Waals surface area (Å²) in [6.07, 6.45) is 0. The second-order valence-electron chi connectivity index (χ2n) is 4.11. The minimum Gasteiger partial charge on any atom is -0.482 e. The molecular formula is C14H12FNO3. The van der Waals surface area contributed by atoms with Crippen molar-refractivity contribution < 1.29 is 14.1 Å². The number of hydrogen-bond acceptors (Lipinski definition) is 3. The molecule has 0 spiro atoms. The highest BCUT2D eigenvalue weighted by Gasteiger charge is 2.14. The average Bonchev–Trinajstić information content (AvgIpc) is 2.38. The molecule has 0 atom stereocenters. The number of ether oxygens (including phenoxy) is 1. The Morgan fingerprint density at radius 1 is 1.26 bits per heavy atom. The molecule has 0 aliphatic heterocycles. The maximum absolute atomic E-state index is 13.6. The van der Waals surface area contributed by atoms with Gasteiger partial charge in [0, 0.05) is 11.6 Å². The van der Waals surface area contributed by atoms with E-state index in [9.17, 15) is 14.5 Å². The van der Waals surface area contributed by atoms with Gasteiger partial charge in [0.25, 0.3) is 0 Å². The predicted molar refractivity (Wildman–Crippen MR) is 68.6 cm³/mol. The molecule has 19 heavy (non-hydrogen) atoms. The normalized spacial score (nSPS) is 10.2. The summed E-state index contributed by atoms with van der Waals surface area (Å²) < 4.78 is 18.9. The molecule has 0 unspecified atom stereocenters. The van der Waals surface area contributed by atoms with Crippen molar-refractivity contribution in [3.05, 3.63) is 69.5 Å². The lowest BCUT2D eigenvalue weighted by Crippen LogP contribution is -2.01. The SMILES string of the molecule is Cc1ccc(COc2ccccc2[N+](=O)[O-])c(F)c1. The monoisotopic (exact) mass is 261 g/mol. The lowest BCUT2D eigenvalue weighted by Gasteiger charge is -2.07. The summed E-state index contributed by atoms with van der Waals surface area (Å²) in [6.45, 7) is 1.74. The van der Waals surface area contributed by atoms with Crippen LogP contribution in [-0.2, 0) is 6.61 Å². The smallest absolute Gasteiger partial charge is 0.310 e. The number of nitrogens with zero attached hydrogens (tertiary/aromatic N) is 1. The van der Waals surface area contributed by atoms with Crippen molar-refractivity contribution in [3.63, 3.8) is 0 Å². The van der Waals surface area contributed by atoms with Crippen LogP contribution in [0.3, 0.4) is 0 Å². The fourth-order valence-corrected chi connectivity index (χ4v) is 1.65. The Hall–Kier alpha value is -2.43. The third-order valence-electron chi connectivity index (χ3n) is 2.65. The van der Waals surface area contributed by atoms with Crippen LogP contribution in [-0.4, -0.2) is 4.92 Å². The van der Waals surface area contributed by atoms with E-state index in [-0.39, 0.29) is 23.9 Å². The lowest BCUT2D eigenvalue weighted by molar-refractivity contribution is -0.385. The molecule has 0 amide bonds. The molecule has 0 aliphatic rings. The quantitative estimate of drug-likeness (QED) is 0.624. The van der Waals surface area contributed by atoms with E-state index < -0.39 is 4.92 Å².